The summed E-state index contributed by atoms with van der Waals surface area (Å²) >= 11 is 1.68. The van der Waals surface area contributed by atoms with E-state index >= 15 is 0 Å². The number of ether oxygens (including phenoxy) is 1. The van der Waals surface area contributed by atoms with Crippen LogP contribution in [-0.2, 0) is 20.7 Å². The Morgan fingerprint density at radius 1 is 1.33 bits per heavy atom. The number of nitrogens with one attached hydrogen (secondary N) is 1. The Morgan fingerprint density at radius 3 is 3.04 bits per heavy atom. The zero-order valence-corrected chi connectivity index (χ0v) is 14.6. The first-order valence-electron chi connectivity index (χ1n) is 8.96. The number of amides is 2. The van der Waals surface area contributed by atoms with Crippen LogP contribution in [0.15, 0.2) is 11.4 Å². The van der Waals surface area contributed by atoms with E-state index in [2.05, 4.69) is 16.8 Å². The highest BCUT2D eigenvalue weighted by molar-refractivity contribution is 7.10. The Hall–Kier alpha value is -1.40. The van der Waals surface area contributed by atoms with Gasteiger partial charge in [0.15, 0.2) is 0 Å². The van der Waals surface area contributed by atoms with Crippen molar-refractivity contribution in [1.82, 2.24) is 10.2 Å². The molecule has 1 N–H and O–H groups in total. The maximum absolute atomic E-state index is 12.7. The van der Waals surface area contributed by atoms with Crippen molar-refractivity contribution in [3.63, 3.8) is 0 Å². The molecule has 0 aromatic carbocycles. The van der Waals surface area contributed by atoms with Gasteiger partial charge in [0.25, 0.3) is 0 Å². The van der Waals surface area contributed by atoms with Gasteiger partial charge >= 0.3 is 0 Å². The fraction of sp³-hybridized carbons (Fsp3) is 0.667. The summed E-state index contributed by atoms with van der Waals surface area (Å²) in [4.78, 5) is 28.1. The van der Waals surface area contributed by atoms with Crippen LogP contribution in [0.5, 0.6) is 0 Å². The first-order chi connectivity index (χ1) is 11.7. The third kappa shape index (κ3) is 3.49. The Bertz CT molecular complexity index is 626. The summed E-state index contributed by atoms with van der Waals surface area (Å²) in [6.45, 7) is 2.01. The molecule has 24 heavy (non-hydrogen) atoms. The van der Waals surface area contributed by atoms with Crippen LogP contribution in [0, 0.1) is 5.92 Å². The lowest BCUT2D eigenvalue weighted by molar-refractivity contribution is -0.138. The fourth-order valence-electron chi connectivity index (χ4n) is 3.63. The lowest BCUT2D eigenvalue weighted by Gasteiger charge is -2.33. The van der Waals surface area contributed by atoms with Crippen LogP contribution in [0.1, 0.15) is 48.6 Å². The number of carbonyl (C=O) groups is 2. The second-order valence-corrected chi connectivity index (χ2v) is 8.03. The Labute approximate surface area is 146 Å². The molecule has 2 amide bonds. The molecule has 6 heteroatoms. The highest BCUT2D eigenvalue weighted by Gasteiger charge is 2.33. The van der Waals surface area contributed by atoms with E-state index in [1.165, 1.54) is 10.4 Å². The van der Waals surface area contributed by atoms with Crippen molar-refractivity contribution in [3.05, 3.63) is 21.9 Å². The van der Waals surface area contributed by atoms with Crippen molar-refractivity contribution in [1.29, 1.82) is 0 Å². The van der Waals surface area contributed by atoms with Gasteiger partial charge in [-0.1, -0.05) is 0 Å². The Kier molecular flexibility index (Phi) is 4.59. The van der Waals surface area contributed by atoms with E-state index in [1.54, 1.807) is 11.3 Å². The summed E-state index contributed by atoms with van der Waals surface area (Å²) in [6.07, 6.45) is 5.22. The van der Waals surface area contributed by atoms with Crippen molar-refractivity contribution in [2.45, 2.75) is 50.7 Å². The molecule has 2 fully saturated rings. The molecule has 2 aliphatic heterocycles. The smallest absolute Gasteiger partial charge is 0.225 e. The minimum atomic E-state index is -0.109. The molecule has 2 atom stereocenters. The van der Waals surface area contributed by atoms with E-state index in [-0.39, 0.29) is 23.8 Å². The maximum Gasteiger partial charge on any atom is 0.225 e. The quantitative estimate of drug-likeness (QED) is 0.908. The molecular formula is C18H24N2O3S. The largest absolute Gasteiger partial charge is 0.372 e. The third-order valence-electron chi connectivity index (χ3n) is 5.19. The molecule has 130 valence electrons. The topological polar surface area (TPSA) is 58.6 Å². The van der Waals surface area contributed by atoms with Gasteiger partial charge in [0.2, 0.25) is 11.8 Å². The van der Waals surface area contributed by atoms with Gasteiger partial charge in [-0.3, -0.25) is 9.59 Å². The fourth-order valence-corrected chi connectivity index (χ4v) is 4.63. The molecule has 1 aliphatic carbocycles. The van der Waals surface area contributed by atoms with E-state index in [0.717, 1.165) is 38.6 Å². The first-order valence-corrected chi connectivity index (χ1v) is 9.84. The Morgan fingerprint density at radius 2 is 2.21 bits per heavy atom. The van der Waals surface area contributed by atoms with Crippen molar-refractivity contribution >= 4 is 23.2 Å². The molecule has 1 saturated carbocycles. The van der Waals surface area contributed by atoms with Crippen LogP contribution < -0.4 is 5.32 Å². The van der Waals surface area contributed by atoms with Gasteiger partial charge in [-0.05, 0) is 49.1 Å². The average molecular weight is 348 g/mol. The van der Waals surface area contributed by atoms with Crippen LogP contribution in [0.4, 0.5) is 0 Å². The minimum absolute atomic E-state index is 0.0483. The van der Waals surface area contributed by atoms with Crippen molar-refractivity contribution < 1.29 is 14.3 Å². The van der Waals surface area contributed by atoms with Gasteiger partial charge in [0.1, 0.15) is 6.10 Å². The van der Waals surface area contributed by atoms with Crippen molar-refractivity contribution in [2.24, 2.45) is 5.92 Å². The highest BCUT2D eigenvalue weighted by atomic mass is 32.1. The number of hydrogen-bond acceptors (Lipinski definition) is 4. The monoisotopic (exact) mass is 348 g/mol. The molecule has 3 aliphatic rings. The zero-order valence-electron chi connectivity index (χ0n) is 13.8. The van der Waals surface area contributed by atoms with Crippen LogP contribution in [0.2, 0.25) is 0 Å². The number of thiophene rings is 1. The molecule has 0 spiro atoms. The van der Waals surface area contributed by atoms with Gasteiger partial charge in [-0.25, -0.2) is 0 Å². The van der Waals surface area contributed by atoms with Crippen molar-refractivity contribution in [3.8, 4) is 0 Å². The zero-order chi connectivity index (χ0) is 16.5. The number of nitrogens with zero attached hydrogens (tertiary/aromatic N) is 1. The number of likely N-dealkylation sites (tertiary alicyclic amines) is 1. The van der Waals surface area contributed by atoms with Crippen molar-refractivity contribution in [2.75, 3.05) is 19.7 Å². The molecule has 1 aromatic rings. The van der Waals surface area contributed by atoms with E-state index in [1.807, 2.05) is 4.90 Å². The average Bonchev–Trinajstić information content (AvgIpc) is 3.27. The number of carbonyl (C=O) groups excluding carboxylic acids is 2. The molecule has 3 heterocycles. The predicted molar refractivity (Wildman–Crippen MR) is 91.8 cm³/mol. The summed E-state index contributed by atoms with van der Waals surface area (Å²) in [5, 5.41) is 5.15. The third-order valence-corrected chi connectivity index (χ3v) is 6.24. The second kappa shape index (κ2) is 6.84. The Balaban J connectivity index is 1.35. The maximum atomic E-state index is 12.7. The summed E-state index contributed by atoms with van der Waals surface area (Å²) in [6, 6.07) is 2.52. The number of hydrogen-bond donors (Lipinski definition) is 1. The van der Waals surface area contributed by atoms with E-state index in [9.17, 15) is 9.59 Å². The van der Waals surface area contributed by atoms with E-state index < -0.39 is 0 Å². The lowest BCUT2D eigenvalue weighted by Crippen LogP contribution is -2.46. The van der Waals surface area contributed by atoms with Crippen LogP contribution in [0.3, 0.4) is 0 Å². The molecule has 1 aromatic heterocycles. The summed E-state index contributed by atoms with van der Waals surface area (Å²) < 4.78 is 5.84. The number of piperidine rings is 1. The summed E-state index contributed by atoms with van der Waals surface area (Å²) in [5.41, 5.74) is 1.32. The molecule has 0 unspecified atom stereocenters. The summed E-state index contributed by atoms with van der Waals surface area (Å²) in [5.74, 6) is 0.197. The minimum Gasteiger partial charge on any atom is -0.372 e. The molecule has 0 bridgehead atoms. The first kappa shape index (κ1) is 16.1. The molecule has 0 radical (unpaired) electrons. The van der Waals surface area contributed by atoms with Crippen LogP contribution in [-0.4, -0.2) is 42.5 Å². The van der Waals surface area contributed by atoms with E-state index in [0.29, 0.717) is 25.6 Å². The second-order valence-electron chi connectivity index (χ2n) is 7.09. The SMILES string of the molecule is O=C(NC1CC1)[C@@H]1CCCN(C(=O)C[C@H]2OCCc3ccsc32)C1. The van der Waals surface area contributed by atoms with Gasteiger partial charge in [-0.2, -0.15) is 0 Å². The van der Waals surface area contributed by atoms with Crippen LogP contribution >= 0.6 is 11.3 Å². The predicted octanol–water partition coefficient (Wildman–Crippen LogP) is 2.27. The van der Waals surface area contributed by atoms with Gasteiger partial charge in [-0.15, -0.1) is 11.3 Å². The molecule has 5 nitrogen and oxygen atoms in total. The van der Waals surface area contributed by atoms with Gasteiger partial charge in [0.05, 0.1) is 18.9 Å². The molecule has 1 saturated heterocycles. The van der Waals surface area contributed by atoms with E-state index in [4.69, 9.17) is 4.74 Å². The van der Waals surface area contributed by atoms with Gasteiger partial charge < -0.3 is 15.0 Å². The molecular weight excluding hydrogens is 324 g/mol. The van der Waals surface area contributed by atoms with Crippen LogP contribution in [0.25, 0.3) is 0 Å². The number of fused-ring (bicyclic) bond motifs is 1. The molecule has 4 rings (SSSR count). The highest BCUT2D eigenvalue weighted by Crippen LogP contribution is 2.34. The normalized spacial score (nSPS) is 26.8. The standard InChI is InChI=1S/C18H24N2O3S/c21-16(10-15-17-12(5-8-23-15)6-9-24-17)20-7-1-2-13(11-20)18(22)19-14-3-4-14/h6,9,13-15H,1-5,7-8,10-11H2,(H,19,22)/t13-,15-/m1/s1. The number of rotatable bonds is 4. The summed E-state index contributed by atoms with van der Waals surface area (Å²) in [7, 11) is 0. The lowest BCUT2D eigenvalue weighted by atomic mass is 9.96. The van der Waals surface area contributed by atoms with Gasteiger partial charge in [0, 0.05) is 24.0 Å².